The number of ether oxygens (including phenoxy) is 2. The zero-order valence-electron chi connectivity index (χ0n) is 17.0. The molecule has 4 rings (SSSR count). The molecule has 0 radical (unpaired) electrons. The first-order chi connectivity index (χ1) is 14.3. The van der Waals surface area contributed by atoms with Crippen LogP contribution in [0.15, 0.2) is 101 Å². The van der Waals surface area contributed by atoms with Crippen LogP contribution in [0.25, 0.3) is 0 Å². The second-order valence-corrected chi connectivity index (χ2v) is 18.0. The Hall–Kier alpha value is -1.88. The molecule has 1 unspecified atom stereocenters. The van der Waals surface area contributed by atoms with Gasteiger partial charge in [0.15, 0.2) is 0 Å². The van der Waals surface area contributed by atoms with Gasteiger partial charge >= 0.3 is 179 Å². The molecule has 29 heavy (non-hydrogen) atoms. The normalized spacial score (nSPS) is 18.7. The molecular weight excluding hydrogens is 463 g/mol. The number of methoxy groups -OCH3 is 1. The molecule has 1 atom stereocenters. The number of hydrogen-bond donors (Lipinski definition) is 0. The van der Waals surface area contributed by atoms with Crippen molar-refractivity contribution in [1.82, 2.24) is 0 Å². The van der Waals surface area contributed by atoms with Crippen LogP contribution in [0.1, 0.15) is 6.42 Å². The molecule has 0 saturated carbocycles. The topological polar surface area (TPSA) is 18.5 Å². The molecule has 0 aromatic heterocycles. The monoisotopic (exact) mass is 492 g/mol. The number of hydrogen-bond acceptors (Lipinski definition) is 2. The maximum absolute atomic E-state index is 5.80. The Morgan fingerprint density at radius 2 is 1.31 bits per heavy atom. The van der Waals surface area contributed by atoms with Gasteiger partial charge in [0.2, 0.25) is 0 Å². The van der Waals surface area contributed by atoms with E-state index in [1.54, 1.807) is 7.11 Å². The molecule has 1 saturated heterocycles. The third-order valence-corrected chi connectivity index (χ3v) is 18.8. The van der Waals surface area contributed by atoms with Gasteiger partial charge in [-0.05, 0) is 0 Å². The molecule has 1 heterocycles. The second-order valence-electron chi connectivity index (χ2n) is 7.60. The summed E-state index contributed by atoms with van der Waals surface area (Å²) in [5.74, 6) is 0.334. The van der Waals surface area contributed by atoms with Gasteiger partial charge in [0.1, 0.15) is 0 Å². The van der Waals surface area contributed by atoms with Gasteiger partial charge in [0.05, 0.1) is 0 Å². The number of benzene rings is 3. The molecule has 3 heteroatoms. The van der Waals surface area contributed by atoms with Crippen molar-refractivity contribution in [3.8, 4) is 0 Å². The van der Waals surface area contributed by atoms with Gasteiger partial charge in [-0.2, -0.15) is 0 Å². The van der Waals surface area contributed by atoms with E-state index in [1.165, 1.54) is 16.3 Å². The first kappa shape index (κ1) is 20.4. The minimum absolute atomic E-state index is 0.334. The van der Waals surface area contributed by atoms with E-state index < -0.39 is 18.4 Å². The van der Waals surface area contributed by atoms with E-state index >= 15 is 0 Å². The van der Waals surface area contributed by atoms with Crippen molar-refractivity contribution in [2.75, 3.05) is 26.9 Å². The van der Waals surface area contributed by atoms with Crippen LogP contribution in [0.4, 0.5) is 0 Å². The van der Waals surface area contributed by atoms with Crippen LogP contribution in [-0.2, 0) is 9.47 Å². The summed E-state index contributed by atoms with van der Waals surface area (Å²) in [7, 11) is 1.79. The Bertz CT molecular complexity index is 824. The van der Waals surface area contributed by atoms with Gasteiger partial charge in [-0.1, -0.05) is 0 Å². The fourth-order valence-electron chi connectivity index (χ4n) is 4.40. The zero-order valence-corrected chi connectivity index (χ0v) is 19.8. The average molecular weight is 491 g/mol. The predicted molar refractivity (Wildman–Crippen MR) is 123 cm³/mol. The average Bonchev–Trinajstić information content (AvgIpc) is 2.80. The van der Waals surface area contributed by atoms with Crippen LogP contribution in [0.2, 0.25) is 0 Å². The summed E-state index contributed by atoms with van der Waals surface area (Å²) in [6, 6.07) is 33.4. The Kier molecular flexibility index (Phi) is 6.85. The van der Waals surface area contributed by atoms with Crippen molar-refractivity contribution in [3.63, 3.8) is 0 Å². The van der Waals surface area contributed by atoms with Crippen LogP contribution in [0, 0.1) is 5.92 Å². The summed E-state index contributed by atoms with van der Waals surface area (Å²) >= 11 is -3.38. The summed E-state index contributed by atoms with van der Waals surface area (Å²) < 4.78 is 18.5. The van der Waals surface area contributed by atoms with E-state index in [9.17, 15) is 0 Å². The molecule has 1 aliphatic heterocycles. The summed E-state index contributed by atoms with van der Waals surface area (Å²) in [6.07, 6.45) is 0.985. The van der Waals surface area contributed by atoms with E-state index in [4.69, 9.17) is 9.47 Å². The fourth-order valence-corrected chi connectivity index (χ4v) is 17.5. The van der Waals surface area contributed by atoms with Crippen LogP contribution in [0.3, 0.4) is 0 Å². The van der Waals surface area contributed by atoms with Gasteiger partial charge in [-0.25, -0.2) is 0 Å². The van der Waals surface area contributed by atoms with Crippen molar-refractivity contribution >= 4 is 29.1 Å². The second kappa shape index (κ2) is 9.75. The number of rotatable bonds is 6. The van der Waals surface area contributed by atoms with Crippen molar-refractivity contribution in [2.45, 2.75) is 6.42 Å². The van der Waals surface area contributed by atoms with Crippen molar-refractivity contribution in [1.29, 1.82) is 0 Å². The van der Waals surface area contributed by atoms with Crippen molar-refractivity contribution in [3.05, 3.63) is 101 Å². The molecule has 0 bridgehead atoms. The molecule has 2 nitrogen and oxygen atoms in total. The molecule has 0 N–H and O–H groups in total. The zero-order chi connectivity index (χ0) is 19.9. The first-order valence-electron chi connectivity index (χ1n) is 10.3. The SMILES string of the molecule is COCC1COCC/C1=[CH]\[Sn]([c]1ccccc1)([c]1ccccc1)[c]1ccccc1. The Morgan fingerprint density at radius 1 is 0.828 bits per heavy atom. The van der Waals surface area contributed by atoms with Crippen LogP contribution >= 0.6 is 0 Å². The molecular formula is C26H28O2Sn. The summed E-state index contributed by atoms with van der Waals surface area (Å²) in [6.45, 7) is 2.26. The molecule has 0 spiro atoms. The van der Waals surface area contributed by atoms with E-state index in [-0.39, 0.29) is 0 Å². The van der Waals surface area contributed by atoms with Gasteiger partial charge in [0, 0.05) is 0 Å². The first-order valence-corrected chi connectivity index (χ1v) is 16.2. The fraction of sp³-hybridized carbons (Fsp3) is 0.231. The van der Waals surface area contributed by atoms with Crippen LogP contribution < -0.4 is 10.7 Å². The molecule has 1 aliphatic rings. The van der Waals surface area contributed by atoms with Crippen molar-refractivity contribution < 1.29 is 9.47 Å². The predicted octanol–water partition coefficient (Wildman–Crippen LogP) is 3.31. The Labute approximate surface area is 178 Å². The Morgan fingerprint density at radius 3 is 1.76 bits per heavy atom. The van der Waals surface area contributed by atoms with Gasteiger partial charge in [-0.3, -0.25) is 0 Å². The molecule has 3 aromatic carbocycles. The standard InChI is InChI=1S/C8H13O2.3C6H5.Sn/c1-7-3-4-10-6-8(7)5-9-2;3*1-2-4-6-5-3-1;/h1,8H,3-6H2,2H3;3*1-5H;. The third-order valence-electron chi connectivity index (χ3n) is 5.84. The van der Waals surface area contributed by atoms with Gasteiger partial charge < -0.3 is 0 Å². The van der Waals surface area contributed by atoms with Gasteiger partial charge in [0.25, 0.3) is 0 Å². The van der Waals surface area contributed by atoms with E-state index in [2.05, 4.69) is 95.1 Å². The third kappa shape index (κ3) is 4.35. The van der Waals surface area contributed by atoms with E-state index in [0.29, 0.717) is 12.5 Å². The minimum atomic E-state index is -3.38. The molecule has 0 amide bonds. The molecule has 3 aromatic rings. The van der Waals surface area contributed by atoms with E-state index in [1.807, 2.05) is 0 Å². The molecule has 0 aliphatic carbocycles. The van der Waals surface area contributed by atoms with E-state index in [0.717, 1.165) is 19.6 Å². The van der Waals surface area contributed by atoms with Crippen LogP contribution in [0.5, 0.6) is 0 Å². The Balaban J connectivity index is 1.99. The maximum atomic E-state index is 5.80. The quantitative estimate of drug-likeness (QED) is 0.493. The molecule has 148 valence electrons. The van der Waals surface area contributed by atoms with Crippen LogP contribution in [-0.4, -0.2) is 45.3 Å². The molecule has 1 fully saturated rings. The summed E-state index contributed by atoms with van der Waals surface area (Å²) in [5.41, 5.74) is 1.51. The summed E-state index contributed by atoms with van der Waals surface area (Å²) in [4.78, 5) is 0. The van der Waals surface area contributed by atoms with Crippen molar-refractivity contribution in [2.24, 2.45) is 5.92 Å². The van der Waals surface area contributed by atoms with Gasteiger partial charge in [-0.15, -0.1) is 0 Å². The summed E-state index contributed by atoms with van der Waals surface area (Å²) in [5, 5.41) is 0.